The second-order valence-electron chi connectivity index (χ2n) is 5.96. The molecule has 26 heavy (non-hydrogen) atoms. The number of ether oxygens (including phenoxy) is 1. The fourth-order valence-corrected chi connectivity index (χ4v) is 5.28. The number of anilines is 2. The third-order valence-electron chi connectivity index (χ3n) is 4.22. The van der Waals surface area contributed by atoms with Gasteiger partial charge in [-0.3, -0.25) is 0 Å². The van der Waals surface area contributed by atoms with Crippen molar-refractivity contribution >= 4 is 72.9 Å². The van der Waals surface area contributed by atoms with Gasteiger partial charge in [0, 0.05) is 9.35 Å². The van der Waals surface area contributed by atoms with Gasteiger partial charge in [-0.05, 0) is 61.7 Å². The maximum absolute atomic E-state index is 12.4. The van der Waals surface area contributed by atoms with Gasteiger partial charge in [0.25, 0.3) is 0 Å². The first kappa shape index (κ1) is 19.6. The van der Waals surface area contributed by atoms with Crippen LogP contribution in [0.5, 0.6) is 0 Å². The van der Waals surface area contributed by atoms with Gasteiger partial charge in [-0.1, -0.05) is 34.0 Å². The molecule has 1 aromatic heterocycles. The Hall–Kier alpha value is -1.15. The largest absolute Gasteiger partial charge is 0.465 e. The number of aryl methyl sites for hydroxylation is 1. The van der Waals surface area contributed by atoms with Crippen LogP contribution in [0.15, 0.2) is 22.7 Å². The Morgan fingerprint density at radius 2 is 2.04 bits per heavy atom. The summed E-state index contributed by atoms with van der Waals surface area (Å²) in [5, 5.41) is 7.92. The molecule has 2 aromatic rings. The number of hydrogen-bond donors (Lipinski definition) is 2. The van der Waals surface area contributed by atoms with E-state index in [9.17, 15) is 4.79 Å². The van der Waals surface area contributed by atoms with Crippen LogP contribution in [-0.4, -0.2) is 18.2 Å². The first-order valence-corrected chi connectivity index (χ1v) is 10.6. The SMILES string of the molecule is COC(=O)c1c(NC(=S)Nc2ccc(Br)cc2Cl)sc2c1CCCCC2. The highest BCUT2D eigenvalue weighted by Gasteiger charge is 2.25. The average molecular weight is 474 g/mol. The summed E-state index contributed by atoms with van der Waals surface area (Å²) in [5.41, 5.74) is 2.41. The summed E-state index contributed by atoms with van der Waals surface area (Å²) in [4.78, 5) is 13.6. The van der Waals surface area contributed by atoms with E-state index in [2.05, 4.69) is 26.6 Å². The summed E-state index contributed by atoms with van der Waals surface area (Å²) in [7, 11) is 1.41. The van der Waals surface area contributed by atoms with Gasteiger partial charge in [0.15, 0.2) is 5.11 Å². The Balaban J connectivity index is 1.84. The number of carbonyl (C=O) groups excluding carboxylic acids is 1. The molecular formula is C18H18BrClN2O2S2. The number of esters is 1. The summed E-state index contributed by atoms with van der Waals surface area (Å²) in [6, 6.07) is 5.51. The smallest absolute Gasteiger partial charge is 0.341 e. The van der Waals surface area contributed by atoms with Crippen LogP contribution in [0.25, 0.3) is 0 Å². The highest BCUT2D eigenvalue weighted by molar-refractivity contribution is 9.10. The number of halogens is 2. The minimum absolute atomic E-state index is 0.323. The molecule has 0 radical (unpaired) electrons. The van der Waals surface area contributed by atoms with Gasteiger partial charge in [0.1, 0.15) is 5.00 Å². The van der Waals surface area contributed by atoms with Gasteiger partial charge in [0.05, 0.1) is 23.4 Å². The molecule has 1 aliphatic carbocycles. The van der Waals surface area contributed by atoms with Crippen molar-refractivity contribution in [3.63, 3.8) is 0 Å². The van der Waals surface area contributed by atoms with Crippen LogP contribution in [0.4, 0.5) is 10.7 Å². The molecule has 0 saturated carbocycles. The van der Waals surface area contributed by atoms with Crippen molar-refractivity contribution < 1.29 is 9.53 Å². The lowest BCUT2D eigenvalue weighted by Crippen LogP contribution is -2.20. The Morgan fingerprint density at radius 1 is 1.27 bits per heavy atom. The molecule has 1 heterocycles. The number of thiophene rings is 1. The van der Waals surface area contributed by atoms with Gasteiger partial charge in [0.2, 0.25) is 0 Å². The van der Waals surface area contributed by atoms with Crippen molar-refractivity contribution in [2.75, 3.05) is 17.7 Å². The molecule has 0 fully saturated rings. The first-order chi connectivity index (χ1) is 12.5. The van der Waals surface area contributed by atoms with E-state index < -0.39 is 0 Å². The van der Waals surface area contributed by atoms with Crippen molar-refractivity contribution in [1.29, 1.82) is 0 Å². The molecule has 2 N–H and O–H groups in total. The number of benzene rings is 1. The second-order valence-corrected chi connectivity index (χ2v) is 8.80. The van der Waals surface area contributed by atoms with Gasteiger partial charge < -0.3 is 15.4 Å². The normalized spacial score (nSPS) is 13.5. The number of hydrogen-bond acceptors (Lipinski definition) is 4. The lowest BCUT2D eigenvalue weighted by Gasteiger charge is -2.12. The number of rotatable bonds is 3. The van der Waals surface area contributed by atoms with Crippen molar-refractivity contribution in [3.8, 4) is 0 Å². The van der Waals surface area contributed by atoms with Crippen LogP contribution in [0.1, 0.15) is 40.1 Å². The molecule has 0 bridgehead atoms. The molecule has 0 aliphatic heterocycles. The van der Waals surface area contributed by atoms with Gasteiger partial charge >= 0.3 is 5.97 Å². The predicted octanol–water partition coefficient (Wildman–Crippen LogP) is 6.03. The number of methoxy groups -OCH3 is 1. The summed E-state index contributed by atoms with van der Waals surface area (Å²) in [6.45, 7) is 0. The van der Waals surface area contributed by atoms with E-state index in [0.29, 0.717) is 21.4 Å². The van der Waals surface area contributed by atoms with Crippen LogP contribution in [-0.2, 0) is 17.6 Å². The van der Waals surface area contributed by atoms with E-state index in [-0.39, 0.29) is 5.97 Å². The van der Waals surface area contributed by atoms with Gasteiger partial charge in [-0.15, -0.1) is 11.3 Å². The van der Waals surface area contributed by atoms with Crippen LogP contribution >= 0.6 is 51.1 Å². The molecule has 1 aromatic carbocycles. The molecule has 8 heteroatoms. The number of nitrogens with one attached hydrogen (secondary N) is 2. The minimum atomic E-state index is -0.323. The standard InChI is InChI=1S/C18H18BrClN2O2S2/c1-24-17(23)15-11-5-3-2-4-6-14(11)26-16(15)22-18(25)21-13-8-7-10(19)9-12(13)20/h7-9H,2-6H2,1H3,(H2,21,22,25). The van der Waals surface area contributed by atoms with Crippen molar-refractivity contribution in [3.05, 3.63) is 43.7 Å². The molecular weight excluding hydrogens is 456 g/mol. The molecule has 1 aliphatic rings. The highest BCUT2D eigenvalue weighted by atomic mass is 79.9. The fourth-order valence-electron chi connectivity index (χ4n) is 3.00. The zero-order valence-corrected chi connectivity index (χ0v) is 18.1. The van der Waals surface area contributed by atoms with Crippen LogP contribution in [0.3, 0.4) is 0 Å². The van der Waals surface area contributed by atoms with Crippen LogP contribution in [0, 0.1) is 0 Å². The average Bonchev–Trinajstić information content (AvgIpc) is 2.77. The molecule has 3 rings (SSSR count). The highest BCUT2D eigenvalue weighted by Crippen LogP contribution is 2.38. The molecule has 0 atom stereocenters. The first-order valence-electron chi connectivity index (χ1n) is 8.25. The monoisotopic (exact) mass is 472 g/mol. The Kier molecular flexibility index (Phi) is 6.55. The molecule has 4 nitrogen and oxygen atoms in total. The van der Waals surface area contributed by atoms with Gasteiger partial charge in [-0.25, -0.2) is 4.79 Å². The van der Waals surface area contributed by atoms with Crippen LogP contribution < -0.4 is 10.6 Å². The summed E-state index contributed by atoms with van der Waals surface area (Å²) in [6.07, 6.45) is 5.31. The third kappa shape index (κ3) is 4.39. The summed E-state index contributed by atoms with van der Waals surface area (Å²) >= 11 is 16.6. The zero-order valence-electron chi connectivity index (χ0n) is 14.2. The maximum Gasteiger partial charge on any atom is 0.341 e. The summed E-state index contributed by atoms with van der Waals surface area (Å²) < 4.78 is 5.90. The second kappa shape index (κ2) is 8.69. The molecule has 0 spiro atoms. The van der Waals surface area contributed by atoms with Crippen LogP contribution in [0.2, 0.25) is 5.02 Å². The molecule has 0 amide bonds. The van der Waals surface area contributed by atoms with Crippen molar-refractivity contribution in [2.45, 2.75) is 32.1 Å². The maximum atomic E-state index is 12.4. The molecule has 138 valence electrons. The quantitative estimate of drug-likeness (QED) is 0.324. The van der Waals surface area contributed by atoms with Crippen molar-refractivity contribution in [2.24, 2.45) is 0 Å². The Morgan fingerprint density at radius 3 is 2.77 bits per heavy atom. The Labute approximate surface area is 175 Å². The molecule has 0 saturated heterocycles. The Bertz CT molecular complexity index is 854. The molecule has 0 unspecified atom stereocenters. The topological polar surface area (TPSA) is 50.4 Å². The minimum Gasteiger partial charge on any atom is -0.465 e. The predicted molar refractivity (Wildman–Crippen MR) is 116 cm³/mol. The number of fused-ring (bicyclic) bond motifs is 1. The van der Waals surface area contributed by atoms with E-state index >= 15 is 0 Å². The van der Waals surface area contributed by atoms with E-state index in [4.69, 9.17) is 28.6 Å². The van der Waals surface area contributed by atoms with Gasteiger partial charge in [-0.2, -0.15) is 0 Å². The third-order valence-corrected chi connectivity index (χ3v) is 6.43. The number of thiocarbonyl (C=S) groups is 1. The lowest BCUT2D eigenvalue weighted by molar-refractivity contribution is 0.0601. The summed E-state index contributed by atoms with van der Waals surface area (Å²) in [5.74, 6) is -0.323. The zero-order chi connectivity index (χ0) is 18.7. The van der Waals surface area contributed by atoms with E-state index in [1.165, 1.54) is 18.4 Å². The van der Waals surface area contributed by atoms with E-state index in [0.717, 1.165) is 40.7 Å². The number of carbonyl (C=O) groups is 1. The van der Waals surface area contributed by atoms with Crippen molar-refractivity contribution in [1.82, 2.24) is 0 Å². The van der Waals surface area contributed by atoms with E-state index in [1.807, 2.05) is 12.1 Å². The lowest BCUT2D eigenvalue weighted by atomic mass is 10.1. The van der Waals surface area contributed by atoms with E-state index in [1.54, 1.807) is 17.4 Å². The fraction of sp³-hybridized carbons (Fsp3) is 0.333.